The van der Waals surface area contributed by atoms with Gasteiger partial charge in [-0.3, -0.25) is 9.48 Å². The summed E-state index contributed by atoms with van der Waals surface area (Å²) >= 11 is 0. The number of fused-ring (bicyclic) bond motifs is 3. The first-order valence-corrected chi connectivity index (χ1v) is 8.09. The fraction of sp³-hybridized carbons (Fsp3) is 0.750. The van der Waals surface area contributed by atoms with E-state index in [0.717, 1.165) is 31.8 Å². The van der Waals surface area contributed by atoms with Gasteiger partial charge in [-0.1, -0.05) is 12.8 Å². The number of carbonyl (C=O) groups excluding carboxylic acids is 1. The number of likely N-dealkylation sites (tertiary alicyclic amines) is 1. The third-order valence-electron chi connectivity index (χ3n) is 5.74. The highest BCUT2D eigenvalue weighted by atomic mass is 16.2. The van der Waals surface area contributed by atoms with Gasteiger partial charge in [-0.05, 0) is 43.6 Å². The van der Waals surface area contributed by atoms with Crippen LogP contribution in [0, 0.1) is 17.8 Å². The van der Waals surface area contributed by atoms with Crippen LogP contribution in [0.25, 0.3) is 0 Å². The van der Waals surface area contributed by atoms with Crippen molar-refractivity contribution in [1.82, 2.24) is 14.7 Å². The second kappa shape index (κ2) is 4.90. The van der Waals surface area contributed by atoms with Gasteiger partial charge in [0.1, 0.15) is 0 Å². The predicted molar refractivity (Wildman–Crippen MR) is 76.0 cm³/mol. The molecule has 20 heavy (non-hydrogen) atoms. The van der Waals surface area contributed by atoms with Gasteiger partial charge >= 0.3 is 0 Å². The number of rotatable bonds is 2. The molecule has 108 valence electrons. The van der Waals surface area contributed by atoms with Crippen LogP contribution in [0.15, 0.2) is 18.5 Å². The molecule has 5 rings (SSSR count). The minimum Gasteiger partial charge on any atom is -0.340 e. The molecule has 1 aliphatic heterocycles. The Morgan fingerprint density at radius 2 is 2.00 bits per heavy atom. The number of nitrogens with zero attached hydrogens (tertiary/aromatic N) is 3. The second-order valence-corrected chi connectivity index (χ2v) is 6.84. The normalized spacial score (nSPS) is 36.5. The van der Waals surface area contributed by atoms with Gasteiger partial charge in [-0.15, -0.1) is 0 Å². The van der Waals surface area contributed by atoms with E-state index < -0.39 is 0 Å². The first kappa shape index (κ1) is 12.4. The van der Waals surface area contributed by atoms with Gasteiger partial charge in [0.15, 0.2) is 0 Å². The molecular weight excluding hydrogens is 250 g/mol. The van der Waals surface area contributed by atoms with E-state index in [1.165, 1.54) is 25.7 Å². The monoisotopic (exact) mass is 273 g/mol. The molecule has 3 aliphatic carbocycles. The van der Waals surface area contributed by atoms with Crippen LogP contribution in [0.3, 0.4) is 0 Å². The standard InChI is InChI=1S/C16H23N3O/c20-16(15-10-12-2-4-13(15)5-3-12)18-9-6-14(11-18)19-8-1-7-17-19/h1,7-8,12-15H,2-6,9-11H2. The number of hydrogen-bond acceptors (Lipinski definition) is 2. The van der Waals surface area contributed by atoms with Crippen molar-refractivity contribution in [3.63, 3.8) is 0 Å². The van der Waals surface area contributed by atoms with Crippen molar-refractivity contribution in [2.24, 2.45) is 17.8 Å². The Kier molecular flexibility index (Phi) is 3.04. The lowest BCUT2D eigenvalue weighted by atomic mass is 9.64. The van der Waals surface area contributed by atoms with E-state index in [-0.39, 0.29) is 0 Å². The molecule has 2 heterocycles. The molecule has 4 aliphatic rings. The zero-order valence-corrected chi connectivity index (χ0v) is 11.9. The average molecular weight is 273 g/mol. The van der Waals surface area contributed by atoms with Gasteiger partial charge in [0.05, 0.1) is 6.04 Å². The van der Waals surface area contributed by atoms with Gasteiger partial charge in [0.2, 0.25) is 5.91 Å². The summed E-state index contributed by atoms with van der Waals surface area (Å²) in [6, 6.07) is 2.35. The highest BCUT2D eigenvalue weighted by molar-refractivity contribution is 5.79. The van der Waals surface area contributed by atoms with E-state index in [4.69, 9.17) is 0 Å². The third kappa shape index (κ3) is 2.05. The molecule has 2 bridgehead atoms. The Morgan fingerprint density at radius 3 is 2.65 bits per heavy atom. The number of hydrogen-bond donors (Lipinski definition) is 0. The van der Waals surface area contributed by atoms with Gasteiger partial charge in [0, 0.05) is 31.4 Å². The fourth-order valence-corrected chi connectivity index (χ4v) is 4.57. The molecule has 1 saturated heterocycles. The molecule has 2 atom stereocenters. The summed E-state index contributed by atoms with van der Waals surface area (Å²) in [6.07, 6.45) is 11.4. The van der Waals surface area contributed by atoms with E-state index in [2.05, 4.69) is 10.00 Å². The molecule has 0 spiro atoms. The summed E-state index contributed by atoms with van der Waals surface area (Å²) in [5.41, 5.74) is 0. The highest BCUT2D eigenvalue weighted by Crippen LogP contribution is 2.46. The molecule has 1 amide bonds. The molecule has 3 saturated carbocycles. The fourth-order valence-electron chi connectivity index (χ4n) is 4.57. The van der Waals surface area contributed by atoms with Crippen molar-refractivity contribution >= 4 is 5.91 Å². The van der Waals surface area contributed by atoms with Gasteiger partial charge in [0.25, 0.3) is 0 Å². The summed E-state index contributed by atoms with van der Waals surface area (Å²) in [7, 11) is 0. The van der Waals surface area contributed by atoms with Crippen LogP contribution in [0.1, 0.15) is 44.6 Å². The molecule has 0 N–H and O–H groups in total. The zero-order chi connectivity index (χ0) is 13.5. The molecule has 0 aromatic carbocycles. The average Bonchev–Trinajstić information content (AvgIpc) is 3.18. The summed E-state index contributed by atoms with van der Waals surface area (Å²) in [4.78, 5) is 14.9. The lowest BCUT2D eigenvalue weighted by molar-refractivity contribution is -0.140. The maximum atomic E-state index is 12.8. The molecule has 1 aromatic heterocycles. The Morgan fingerprint density at radius 1 is 1.15 bits per heavy atom. The zero-order valence-electron chi connectivity index (χ0n) is 11.9. The predicted octanol–water partition coefficient (Wildman–Crippen LogP) is 2.48. The smallest absolute Gasteiger partial charge is 0.226 e. The Balaban J connectivity index is 1.42. The first-order valence-electron chi connectivity index (χ1n) is 8.09. The van der Waals surface area contributed by atoms with Crippen LogP contribution in [-0.2, 0) is 4.79 Å². The SMILES string of the molecule is O=C(C1CC2CCC1CC2)N1CCC(n2cccn2)C1. The minimum absolute atomic E-state index is 0.332. The quantitative estimate of drug-likeness (QED) is 0.830. The van der Waals surface area contributed by atoms with Gasteiger partial charge in [-0.25, -0.2) is 0 Å². The van der Waals surface area contributed by atoms with E-state index in [1.807, 2.05) is 23.1 Å². The molecule has 1 aromatic rings. The maximum absolute atomic E-state index is 12.8. The Bertz CT molecular complexity index is 476. The molecule has 0 radical (unpaired) electrons. The lowest BCUT2D eigenvalue weighted by Crippen LogP contribution is -2.43. The van der Waals surface area contributed by atoms with Crippen molar-refractivity contribution in [3.05, 3.63) is 18.5 Å². The van der Waals surface area contributed by atoms with Gasteiger partial charge in [-0.2, -0.15) is 5.10 Å². The summed E-state index contributed by atoms with van der Waals surface area (Å²) in [6.45, 7) is 1.77. The van der Waals surface area contributed by atoms with Crippen LogP contribution in [0.4, 0.5) is 0 Å². The summed E-state index contributed by atoms with van der Waals surface area (Å²) in [5, 5.41) is 4.32. The van der Waals surface area contributed by atoms with Crippen molar-refractivity contribution in [2.45, 2.75) is 44.6 Å². The van der Waals surface area contributed by atoms with E-state index in [1.54, 1.807) is 0 Å². The highest BCUT2D eigenvalue weighted by Gasteiger charge is 2.42. The van der Waals surface area contributed by atoms with E-state index in [0.29, 0.717) is 23.8 Å². The largest absolute Gasteiger partial charge is 0.340 e. The first-order chi connectivity index (χ1) is 9.81. The molecule has 4 fully saturated rings. The van der Waals surface area contributed by atoms with Crippen molar-refractivity contribution in [2.75, 3.05) is 13.1 Å². The number of carbonyl (C=O) groups is 1. The van der Waals surface area contributed by atoms with Crippen molar-refractivity contribution in [3.8, 4) is 0 Å². The van der Waals surface area contributed by atoms with Crippen LogP contribution in [-0.4, -0.2) is 33.7 Å². The second-order valence-electron chi connectivity index (χ2n) is 6.84. The maximum Gasteiger partial charge on any atom is 0.226 e. The van der Waals surface area contributed by atoms with E-state index >= 15 is 0 Å². The summed E-state index contributed by atoms with van der Waals surface area (Å²) < 4.78 is 2.01. The summed E-state index contributed by atoms with van der Waals surface area (Å²) in [5.74, 6) is 2.28. The van der Waals surface area contributed by atoms with E-state index in [9.17, 15) is 4.79 Å². The lowest BCUT2D eigenvalue weighted by Gasteiger charge is -2.42. The third-order valence-corrected chi connectivity index (χ3v) is 5.74. The molecule has 4 heteroatoms. The Labute approximate surface area is 120 Å². The van der Waals surface area contributed by atoms with Crippen molar-refractivity contribution in [1.29, 1.82) is 0 Å². The van der Waals surface area contributed by atoms with Crippen LogP contribution in [0.2, 0.25) is 0 Å². The molecular formula is C16H23N3O. The van der Waals surface area contributed by atoms with Crippen LogP contribution >= 0.6 is 0 Å². The van der Waals surface area contributed by atoms with Crippen LogP contribution < -0.4 is 0 Å². The number of amides is 1. The van der Waals surface area contributed by atoms with Gasteiger partial charge < -0.3 is 4.90 Å². The minimum atomic E-state index is 0.332. The molecule has 4 nitrogen and oxygen atoms in total. The number of aromatic nitrogens is 2. The van der Waals surface area contributed by atoms with Crippen LogP contribution in [0.5, 0.6) is 0 Å². The van der Waals surface area contributed by atoms with Crippen molar-refractivity contribution < 1.29 is 4.79 Å². The Hall–Kier alpha value is -1.32. The topological polar surface area (TPSA) is 38.1 Å². The molecule has 2 unspecified atom stereocenters.